The van der Waals surface area contributed by atoms with Gasteiger partial charge in [-0.25, -0.2) is 0 Å². The highest BCUT2D eigenvalue weighted by atomic mass is 16.7. The van der Waals surface area contributed by atoms with Crippen LogP contribution in [0.2, 0.25) is 0 Å². The van der Waals surface area contributed by atoms with Crippen molar-refractivity contribution in [1.82, 2.24) is 0 Å². The molecule has 0 saturated carbocycles. The van der Waals surface area contributed by atoms with Crippen LogP contribution < -0.4 is 0 Å². The van der Waals surface area contributed by atoms with Crippen molar-refractivity contribution in [3.63, 3.8) is 0 Å². The van der Waals surface area contributed by atoms with Gasteiger partial charge in [-0.15, -0.1) is 0 Å². The molecule has 1 aliphatic heterocycles. The van der Waals surface area contributed by atoms with E-state index in [1.165, 1.54) is 0 Å². The Hall–Kier alpha value is -2.85. The zero-order valence-electron chi connectivity index (χ0n) is 13.6. The third kappa shape index (κ3) is 5.94. The number of aliphatic carboxylic acids is 1. The maximum Gasteiger partial charge on any atom is 0.315 e. The number of nitrogens with zero attached hydrogens (tertiary/aromatic N) is 3. The first-order chi connectivity index (χ1) is 11.6. The molecule has 0 bridgehead atoms. The molecule has 5 atom stereocenters. The van der Waals surface area contributed by atoms with E-state index < -0.39 is 54.5 Å². The van der Waals surface area contributed by atoms with E-state index in [4.69, 9.17) is 29.6 Å². The Labute approximate surface area is 141 Å². The Morgan fingerprint density at radius 1 is 1.12 bits per heavy atom. The predicted molar refractivity (Wildman–Crippen MR) is 76.7 cm³/mol. The number of carbonyl (C=O) groups excluding carboxylic acids is 3. The summed E-state index contributed by atoms with van der Waals surface area (Å²) in [5.41, 5.74) is 8.51. The first-order valence-electron chi connectivity index (χ1n) is 7.09. The minimum atomic E-state index is -1.67. The summed E-state index contributed by atoms with van der Waals surface area (Å²) in [6.07, 6.45) is -5.55. The predicted octanol–water partition coefficient (Wildman–Crippen LogP) is 0.291. The van der Waals surface area contributed by atoms with Gasteiger partial charge in [0, 0.05) is 32.1 Å². The molecule has 0 aromatic heterocycles. The van der Waals surface area contributed by atoms with Gasteiger partial charge in [-0.2, -0.15) is 0 Å². The molecule has 0 aliphatic carbocycles. The highest BCUT2D eigenvalue weighted by Gasteiger charge is 2.48. The lowest BCUT2D eigenvalue weighted by Crippen LogP contribution is -2.56. The Morgan fingerprint density at radius 2 is 1.68 bits per heavy atom. The first-order valence-corrected chi connectivity index (χ1v) is 7.09. The highest BCUT2D eigenvalue weighted by Crippen LogP contribution is 2.29. The van der Waals surface area contributed by atoms with Crippen LogP contribution in [0.3, 0.4) is 0 Å². The molecule has 0 aromatic carbocycles. The molecular weight excluding hydrogens is 342 g/mol. The molecule has 12 nitrogen and oxygen atoms in total. The van der Waals surface area contributed by atoms with Gasteiger partial charge in [0.25, 0.3) is 0 Å². The summed E-state index contributed by atoms with van der Waals surface area (Å²) in [7, 11) is 0. The molecule has 25 heavy (non-hydrogen) atoms. The highest BCUT2D eigenvalue weighted by molar-refractivity contribution is 5.74. The molecule has 1 N–H and O–H groups in total. The largest absolute Gasteiger partial charge is 0.481 e. The molecule has 1 rings (SSSR count). The van der Waals surface area contributed by atoms with E-state index in [0.29, 0.717) is 0 Å². The Kier molecular flexibility index (Phi) is 7.15. The molecular formula is C13H17N3O9. The Balaban J connectivity index is 3.19. The molecule has 1 saturated heterocycles. The van der Waals surface area contributed by atoms with Gasteiger partial charge in [-0.1, -0.05) is 5.11 Å². The summed E-state index contributed by atoms with van der Waals surface area (Å²) < 4.78 is 20.3. The lowest BCUT2D eigenvalue weighted by molar-refractivity contribution is -0.268. The fourth-order valence-electron chi connectivity index (χ4n) is 2.30. The molecule has 1 fully saturated rings. The van der Waals surface area contributed by atoms with Crippen LogP contribution in [0.15, 0.2) is 5.11 Å². The van der Waals surface area contributed by atoms with Gasteiger partial charge in [-0.3, -0.25) is 19.2 Å². The second-order valence-corrected chi connectivity index (χ2v) is 5.10. The summed E-state index contributed by atoms with van der Waals surface area (Å²) in [6.45, 7) is 3.24. The van der Waals surface area contributed by atoms with Crippen molar-refractivity contribution in [2.75, 3.05) is 0 Å². The van der Waals surface area contributed by atoms with Crippen molar-refractivity contribution in [1.29, 1.82) is 0 Å². The number of hydrogen-bond donors (Lipinski definition) is 1. The number of carbonyl (C=O) groups is 4. The summed E-state index contributed by atoms with van der Waals surface area (Å²) >= 11 is 0. The zero-order chi connectivity index (χ0) is 19.1. The monoisotopic (exact) mass is 359 g/mol. The van der Waals surface area contributed by atoms with Crippen molar-refractivity contribution in [3.05, 3.63) is 10.4 Å². The zero-order valence-corrected chi connectivity index (χ0v) is 13.6. The van der Waals surface area contributed by atoms with Gasteiger partial charge in [0.15, 0.2) is 6.04 Å². The van der Waals surface area contributed by atoms with Gasteiger partial charge < -0.3 is 24.1 Å². The quantitative estimate of drug-likeness (QED) is 0.230. The molecule has 0 amide bonds. The second-order valence-electron chi connectivity index (χ2n) is 5.10. The van der Waals surface area contributed by atoms with E-state index in [1.54, 1.807) is 0 Å². The van der Waals surface area contributed by atoms with Gasteiger partial charge in [-0.05, 0) is 5.53 Å². The normalized spacial score (nSPS) is 26.5. The number of ether oxygens (including phenoxy) is 4. The molecule has 0 aromatic rings. The van der Waals surface area contributed by atoms with Crippen LogP contribution in [0.4, 0.5) is 0 Å². The fourth-order valence-corrected chi connectivity index (χ4v) is 2.30. The smallest absolute Gasteiger partial charge is 0.315 e. The maximum atomic E-state index is 11.3. The lowest BCUT2D eigenvalue weighted by atomic mass is 9.97. The summed E-state index contributed by atoms with van der Waals surface area (Å²) in [5, 5.41) is 12.3. The van der Waals surface area contributed by atoms with Crippen LogP contribution >= 0.6 is 0 Å². The first kappa shape index (κ1) is 20.2. The number of azide groups is 1. The van der Waals surface area contributed by atoms with E-state index in [9.17, 15) is 19.2 Å². The average Bonchev–Trinajstić information content (AvgIpc) is 2.46. The van der Waals surface area contributed by atoms with Crippen molar-refractivity contribution in [3.8, 4) is 0 Å². The molecule has 1 unspecified atom stereocenters. The lowest BCUT2D eigenvalue weighted by Gasteiger charge is -2.40. The number of carboxylic acid groups (broad SMARTS) is 1. The Bertz CT molecular complexity index is 574. The van der Waals surface area contributed by atoms with Crippen LogP contribution in [0.25, 0.3) is 10.4 Å². The SMILES string of the molecule is CC(=O)OC1O[C@H]([C@H](N=[N+]=[N-])C(=O)O)C[C@H](OC(C)=O)[C@H]1OC(C)=O. The fraction of sp³-hybridized carbons (Fsp3) is 0.692. The van der Waals surface area contributed by atoms with Crippen LogP contribution in [0.1, 0.15) is 27.2 Å². The standard InChI is InChI=1S/C13H17N3O9/c1-5(17)22-9-4-8(10(12(20)21)15-16-14)25-13(24-7(3)19)11(9)23-6(2)18/h8-11,13H,4H2,1-3H3,(H,20,21)/t8-,9-,10-,11+,13?/m0/s1. The molecule has 0 radical (unpaired) electrons. The van der Waals surface area contributed by atoms with E-state index in [1.807, 2.05) is 0 Å². The van der Waals surface area contributed by atoms with Crippen LogP contribution in [0.5, 0.6) is 0 Å². The van der Waals surface area contributed by atoms with E-state index in [2.05, 4.69) is 10.0 Å². The van der Waals surface area contributed by atoms with Crippen molar-refractivity contribution in [2.45, 2.75) is 57.8 Å². The third-order valence-electron chi connectivity index (χ3n) is 3.09. The third-order valence-corrected chi connectivity index (χ3v) is 3.09. The topological polar surface area (TPSA) is 174 Å². The van der Waals surface area contributed by atoms with Crippen molar-refractivity contribution in [2.24, 2.45) is 5.11 Å². The molecule has 0 spiro atoms. The number of hydrogen-bond acceptors (Lipinski definition) is 9. The van der Waals surface area contributed by atoms with Gasteiger partial charge >= 0.3 is 23.9 Å². The summed E-state index contributed by atoms with van der Waals surface area (Å²) in [6, 6.07) is -1.67. The van der Waals surface area contributed by atoms with E-state index >= 15 is 0 Å². The molecule has 1 aliphatic rings. The van der Waals surface area contributed by atoms with Gasteiger partial charge in [0.2, 0.25) is 12.4 Å². The van der Waals surface area contributed by atoms with Crippen LogP contribution in [-0.2, 0) is 38.1 Å². The number of esters is 3. The number of rotatable bonds is 6. The minimum absolute atomic E-state index is 0.259. The Morgan fingerprint density at radius 3 is 2.12 bits per heavy atom. The molecule has 1 heterocycles. The van der Waals surface area contributed by atoms with E-state index in [0.717, 1.165) is 20.8 Å². The average molecular weight is 359 g/mol. The second kappa shape index (κ2) is 8.85. The van der Waals surface area contributed by atoms with Crippen LogP contribution in [-0.4, -0.2) is 59.6 Å². The van der Waals surface area contributed by atoms with E-state index in [-0.39, 0.29) is 6.42 Å². The van der Waals surface area contributed by atoms with Crippen LogP contribution in [0, 0.1) is 0 Å². The van der Waals surface area contributed by atoms with Gasteiger partial charge in [0.05, 0.1) is 6.10 Å². The molecule has 138 valence electrons. The summed E-state index contributed by atoms with van der Waals surface area (Å²) in [5.74, 6) is -3.79. The molecule has 12 heteroatoms. The minimum Gasteiger partial charge on any atom is -0.481 e. The maximum absolute atomic E-state index is 11.3. The number of carboxylic acids is 1. The van der Waals surface area contributed by atoms with Crippen molar-refractivity contribution >= 4 is 23.9 Å². The van der Waals surface area contributed by atoms with Gasteiger partial charge in [0.1, 0.15) is 6.10 Å². The summed E-state index contributed by atoms with van der Waals surface area (Å²) in [4.78, 5) is 47.5. The van der Waals surface area contributed by atoms with Crippen molar-refractivity contribution < 1.29 is 43.2 Å².